The zero-order valence-corrected chi connectivity index (χ0v) is 15.5. The summed E-state index contributed by atoms with van der Waals surface area (Å²) in [6, 6.07) is 12.9. The zero-order chi connectivity index (χ0) is 17.9. The molecule has 0 aliphatic carbocycles. The highest BCUT2D eigenvalue weighted by Crippen LogP contribution is 2.29. The molecular weight excluding hydrogens is 322 g/mol. The predicted octanol–water partition coefficient (Wildman–Crippen LogP) is 4.05. The van der Waals surface area contributed by atoms with Gasteiger partial charge in [-0.3, -0.25) is 4.98 Å². The monoisotopic (exact) mass is 347 g/mol. The molecule has 0 bridgehead atoms. The molecule has 1 unspecified atom stereocenters. The Balaban J connectivity index is 1.53. The fourth-order valence-corrected chi connectivity index (χ4v) is 3.84. The average molecular weight is 347 g/mol. The maximum atomic E-state index is 4.84. The van der Waals surface area contributed by atoms with Crippen LogP contribution in [0.4, 0.5) is 5.82 Å². The molecule has 1 atom stereocenters. The Morgan fingerprint density at radius 2 is 1.77 bits per heavy atom. The quantitative estimate of drug-likeness (QED) is 0.717. The van der Waals surface area contributed by atoms with E-state index in [2.05, 4.69) is 51.4 Å². The van der Waals surface area contributed by atoms with Gasteiger partial charge in [0.25, 0.3) is 0 Å². The van der Waals surface area contributed by atoms with Gasteiger partial charge in [0, 0.05) is 18.8 Å². The molecule has 1 aromatic carbocycles. The van der Waals surface area contributed by atoms with Crippen LogP contribution >= 0.6 is 0 Å². The van der Waals surface area contributed by atoms with Crippen LogP contribution in [0.3, 0.4) is 0 Å². The number of benzene rings is 1. The maximum absolute atomic E-state index is 4.84. The molecule has 134 valence electrons. The first-order valence-corrected chi connectivity index (χ1v) is 9.36. The normalized spacial score (nSPS) is 17.9. The summed E-state index contributed by atoms with van der Waals surface area (Å²) in [5, 5.41) is 4.53. The van der Waals surface area contributed by atoms with Crippen molar-refractivity contribution in [3.8, 4) is 5.82 Å². The highest BCUT2D eigenvalue weighted by atomic mass is 15.3. The van der Waals surface area contributed by atoms with Gasteiger partial charge < -0.3 is 4.90 Å². The van der Waals surface area contributed by atoms with E-state index in [0.29, 0.717) is 5.92 Å². The lowest BCUT2D eigenvalue weighted by atomic mass is 9.92. The van der Waals surface area contributed by atoms with E-state index in [1.54, 1.807) is 6.20 Å². The van der Waals surface area contributed by atoms with E-state index >= 15 is 0 Å². The van der Waals surface area contributed by atoms with Gasteiger partial charge >= 0.3 is 0 Å². The largest absolute Gasteiger partial charge is 0.355 e. The molecule has 5 heteroatoms. The van der Waals surface area contributed by atoms with Crippen LogP contribution in [0, 0.1) is 13.8 Å². The number of rotatable bonds is 3. The van der Waals surface area contributed by atoms with Gasteiger partial charge in [-0.1, -0.05) is 30.3 Å². The minimum absolute atomic E-state index is 0.633. The van der Waals surface area contributed by atoms with Gasteiger partial charge in [-0.05, 0) is 50.7 Å². The fraction of sp³-hybridized carbons (Fsp3) is 0.381. The molecular formula is C21H25N5. The molecule has 2 aromatic heterocycles. The maximum Gasteiger partial charge on any atom is 0.174 e. The van der Waals surface area contributed by atoms with Crippen LogP contribution < -0.4 is 4.90 Å². The van der Waals surface area contributed by atoms with Crippen molar-refractivity contribution in [3.63, 3.8) is 0 Å². The first kappa shape index (κ1) is 16.8. The summed E-state index contributed by atoms with van der Waals surface area (Å²) in [6.07, 6.45) is 7.21. The van der Waals surface area contributed by atoms with Gasteiger partial charge in [-0.2, -0.15) is 5.10 Å². The first-order chi connectivity index (χ1) is 12.7. The second-order valence-electron chi connectivity index (χ2n) is 7.10. The molecule has 1 saturated heterocycles. The van der Waals surface area contributed by atoms with Gasteiger partial charge in [-0.15, -0.1) is 0 Å². The van der Waals surface area contributed by atoms with E-state index in [0.717, 1.165) is 42.5 Å². The van der Waals surface area contributed by atoms with Crippen molar-refractivity contribution < 1.29 is 0 Å². The van der Waals surface area contributed by atoms with Crippen LogP contribution in [0.25, 0.3) is 5.82 Å². The van der Waals surface area contributed by atoms with Crippen molar-refractivity contribution in [2.24, 2.45) is 0 Å². The van der Waals surface area contributed by atoms with E-state index in [1.165, 1.54) is 18.4 Å². The van der Waals surface area contributed by atoms with Crippen molar-refractivity contribution >= 4 is 5.82 Å². The molecule has 0 N–H and O–H groups in total. The summed E-state index contributed by atoms with van der Waals surface area (Å²) in [6.45, 7) is 6.08. The topological polar surface area (TPSA) is 46.8 Å². The van der Waals surface area contributed by atoms with Crippen LogP contribution in [0.15, 0.2) is 48.8 Å². The first-order valence-electron chi connectivity index (χ1n) is 9.36. The highest BCUT2D eigenvalue weighted by Gasteiger charge is 2.20. The molecule has 26 heavy (non-hydrogen) atoms. The summed E-state index contributed by atoms with van der Waals surface area (Å²) in [7, 11) is 0. The van der Waals surface area contributed by atoms with Crippen molar-refractivity contribution in [2.45, 2.75) is 39.0 Å². The van der Waals surface area contributed by atoms with E-state index in [9.17, 15) is 0 Å². The zero-order valence-electron chi connectivity index (χ0n) is 15.5. The Hall–Kier alpha value is -2.69. The molecule has 1 aliphatic rings. The number of anilines is 1. The number of aryl methyl sites for hydroxylation is 2. The molecule has 1 aliphatic heterocycles. The molecule has 3 heterocycles. The van der Waals surface area contributed by atoms with Crippen molar-refractivity contribution in [1.29, 1.82) is 0 Å². The molecule has 1 fully saturated rings. The Morgan fingerprint density at radius 3 is 2.54 bits per heavy atom. The predicted molar refractivity (Wildman–Crippen MR) is 104 cm³/mol. The number of hydrogen-bond acceptors (Lipinski definition) is 4. The van der Waals surface area contributed by atoms with Gasteiger partial charge in [0.1, 0.15) is 5.82 Å². The second kappa shape index (κ2) is 7.28. The Labute approximate surface area is 154 Å². The molecule has 3 aromatic rings. The number of aromatic nitrogens is 4. The molecule has 5 nitrogen and oxygen atoms in total. The summed E-state index contributed by atoms with van der Waals surface area (Å²) >= 11 is 0. The van der Waals surface area contributed by atoms with Crippen LogP contribution in [0.1, 0.15) is 42.1 Å². The molecule has 0 radical (unpaired) electrons. The number of nitrogens with zero attached hydrogens (tertiary/aromatic N) is 5. The Morgan fingerprint density at radius 1 is 0.962 bits per heavy atom. The SMILES string of the molecule is Cc1cc(C)n(-c2cncc(N3CCCC(c4ccccc4)CC3)n2)n1. The van der Waals surface area contributed by atoms with E-state index in [-0.39, 0.29) is 0 Å². The van der Waals surface area contributed by atoms with Crippen molar-refractivity contribution in [1.82, 2.24) is 19.7 Å². The van der Waals surface area contributed by atoms with E-state index < -0.39 is 0 Å². The second-order valence-corrected chi connectivity index (χ2v) is 7.10. The standard InChI is InChI=1S/C21H25N5/c1-16-13-17(2)26(24-16)21-15-22-14-20(23-21)25-11-6-9-19(10-12-25)18-7-4-3-5-8-18/h3-5,7-8,13-15,19H,6,9-12H2,1-2H3. The summed E-state index contributed by atoms with van der Waals surface area (Å²) in [5.41, 5.74) is 3.53. The summed E-state index contributed by atoms with van der Waals surface area (Å²) < 4.78 is 1.87. The lowest BCUT2D eigenvalue weighted by molar-refractivity contribution is 0.612. The Kier molecular flexibility index (Phi) is 4.69. The molecule has 0 spiro atoms. The van der Waals surface area contributed by atoms with Gasteiger partial charge in [0.15, 0.2) is 5.82 Å². The van der Waals surface area contributed by atoms with Crippen LogP contribution in [0.2, 0.25) is 0 Å². The Bertz CT molecular complexity index is 871. The molecule has 0 saturated carbocycles. The fourth-order valence-electron chi connectivity index (χ4n) is 3.84. The van der Waals surface area contributed by atoms with Gasteiger partial charge in [-0.25, -0.2) is 9.67 Å². The van der Waals surface area contributed by atoms with E-state index in [1.807, 2.05) is 24.7 Å². The lowest BCUT2D eigenvalue weighted by Gasteiger charge is -2.22. The third-order valence-corrected chi connectivity index (χ3v) is 5.16. The molecule has 4 rings (SSSR count). The van der Waals surface area contributed by atoms with Gasteiger partial charge in [0.2, 0.25) is 0 Å². The average Bonchev–Trinajstić information content (AvgIpc) is 2.87. The van der Waals surface area contributed by atoms with Crippen LogP contribution in [-0.4, -0.2) is 32.8 Å². The lowest BCUT2D eigenvalue weighted by Crippen LogP contribution is -2.25. The van der Waals surface area contributed by atoms with Crippen LogP contribution in [0.5, 0.6) is 0 Å². The van der Waals surface area contributed by atoms with Gasteiger partial charge in [0.05, 0.1) is 18.1 Å². The number of hydrogen-bond donors (Lipinski definition) is 0. The third kappa shape index (κ3) is 3.47. The summed E-state index contributed by atoms with van der Waals surface area (Å²) in [5.74, 6) is 2.37. The minimum atomic E-state index is 0.633. The highest BCUT2D eigenvalue weighted by molar-refractivity contribution is 5.40. The third-order valence-electron chi connectivity index (χ3n) is 5.16. The smallest absolute Gasteiger partial charge is 0.174 e. The van der Waals surface area contributed by atoms with E-state index in [4.69, 9.17) is 4.98 Å². The summed E-state index contributed by atoms with van der Waals surface area (Å²) in [4.78, 5) is 11.6. The van der Waals surface area contributed by atoms with Crippen molar-refractivity contribution in [3.05, 3.63) is 65.7 Å². The van der Waals surface area contributed by atoms with Crippen molar-refractivity contribution in [2.75, 3.05) is 18.0 Å². The van der Waals surface area contributed by atoms with Crippen LogP contribution in [-0.2, 0) is 0 Å². The molecule has 0 amide bonds. The minimum Gasteiger partial charge on any atom is -0.355 e.